The molecule has 0 aliphatic heterocycles. The van der Waals surface area contributed by atoms with Gasteiger partial charge in [-0.1, -0.05) is 30.8 Å². The van der Waals surface area contributed by atoms with Gasteiger partial charge in [-0.3, -0.25) is 9.59 Å². The van der Waals surface area contributed by atoms with Crippen molar-refractivity contribution in [2.75, 3.05) is 12.4 Å². The molecular weight excluding hydrogens is 326 g/mol. The van der Waals surface area contributed by atoms with Crippen LogP contribution in [0.25, 0.3) is 0 Å². The summed E-state index contributed by atoms with van der Waals surface area (Å²) in [6.45, 7) is 4.10. The van der Waals surface area contributed by atoms with Crippen LogP contribution in [0, 0.1) is 0 Å². The lowest BCUT2D eigenvalue weighted by Crippen LogP contribution is -2.23. The minimum Gasteiger partial charge on any atom is -0.378 e. The van der Waals surface area contributed by atoms with Gasteiger partial charge in [-0.2, -0.15) is 0 Å². The van der Waals surface area contributed by atoms with Gasteiger partial charge in [0.15, 0.2) is 5.16 Å². The summed E-state index contributed by atoms with van der Waals surface area (Å²) < 4.78 is 4.98. The van der Waals surface area contributed by atoms with Gasteiger partial charge < -0.3 is 15.0 Å². The second kappa shape index (κ2) is 8.65. The highest BCUT2D eigenvalue weighted by Crippen LogP contribution is 2.20. The third-order valence-electron chi connectivity index (χ3n) is 3.35. The van der Waals surface area contributed by atoms with Crippen LogP contribution in [0.3, 0.4) is 0 Å². The first-order valence-corrected chi connectivity index (χ1v) is 8.55. The van der Waals surface area contributed by atoms with Crippen molar-refractivity contribution in [3.63, 3.8) is 0 Å². The maximum atomic E-state index is 12.3. The topological polar surface area (TPSA) is 84.1 Å². The summed E-state index contributed by atoms with van der Waals surface area (Å²) in [5, 5.41) is 2.86. The Labute approximate surface area is 145 Å². The Bertz CT molecular complexity index is 743. The van der Waals surface area contributed by atoms with Crippen molar-refractivity contribution in [3.05, 3.63) is 51.9 Å². The molecule has 0 fully saturated rings. The lowest BCUT2D eigenvalue weighted by Gasteiger charge is -2.12. The molecule has 6 nitrogen and oxygen atoms in total. The van der Waals surface area contributed by atoms with E-state index in [1.165, 1.54) is 30.5 Å². The quantitative estimate of drug-likeness (QED) is 0.594. The van der Waals surface area contributed by atoms with Gasteiger partial charge in [0.05, 0.1) is 17.6 Å². The molecule has 1 aromatic heterocycles. The fourth-order valence-electron chi connectivity index (χ4n) is 2.05. The number of aryl methyl sites for hydroxylation is 1. The standard InChI is InChI=1S/C17H21N3O3S/c1-4-12-5-7-13(8-6-12)18-16(22)11(2)24-17-19-14(10-23-3)9-15(21)20-17/h5-9,11H,4,10H2,1-3H3,(H,18,22)(H,19,20,21). The van der Waals surface area contributed by atoms with Crippen molar-refractivity contribution in [1.29, 1.82) is 0 Å². The lowest BCUT2D eigenvalue weighted by atomic mass is 10.1. The van der Waals surface area contributed by atoms with E-state index in [0.29, 0.717) is 10.9 Å². The highest BCUT2D eigenvalue weighted by Gasteiger charge is 2.16. The van der Waals surface area contributed by atoms with Crippen molar-refractivity contribution in [3.8, 4) is 0 Å². The van der Waals surface area contributed by atoms with E-state index in [0.717, 1.165) is 12.1 Å². The summed E-state index contributed by atoms with van der Waals surface area (Å²) in [4.78, 5) is 30.8. The first-order chi connectivity index (χ1) is 11.5. The monoisotopic (exact) mass is 347 g/mol. The smallest absolute Gasteiger partial charge is 0.251 e. The molecular formula is C17H21N3O3S. The van der Waals surface area contributed by atoms with E-state index >= 15 is 0 Å². The largest absolute Gasteiger partial charge is 0.378 e. The van der Waals surface area contributed by atoms with Crippen LogP contribution >= 0.6 is 11.8 Å². The van der Waals surface area contributed by atoms with E-state index in [-0.39, 0.29) is 18.1 Å². The Balaban J connectivity index is 2.01. The number of amides is 1. The molecule has 0 saturated carbocycles. The Hall–Kier alpha value is -2.12. The number of methoxy groups -OCH3 is 1. The number of aromatic amines is 1. The Morgan fingerprint density at radius 1 is 1.38 bits per heavy atom. The van der Waals surface area contributed by atoms with Crippen LogP contribution in [0.1, 0.15) is 25.1 Å². The minimum atomic E-state index is -0.406. The maximum absolute atomic E-state index is 12.3. The zero-order chi connectivity index (χ0) is 17.5. The van der Waals surface area contributed by atoms with Crippen LogP contribution in [-0.2, 0) is 22.6 Å². The van der Waals surface area contributed by atoms with Crippen LogP contribution in [0.4, 0.5) is 5.69 Å². The molecule has 1 unspecified atom stereocenters. The first-order valence-electron chi connectivity index (χ1n) is 7.67. The van der Waals surface area contributed by atoms with Crippen molar-refractivity contribution >= 4 is 23.4 Å². The number of carbonyl (C=O) groups excluding carboxylic acids is 1. The lowest BCUT2D eigenvalue weighted by molar-refractivity contribution is -0.115. The second-order valence-corrected chi connectivity index (χ2v) is 6.60. The third kappa shape index (κ3) is 5.21. The molecule has 0 aliphatic rings. The first kappa shape index (κ1) is 18.2. The summed E-state index contributed by atoms with van der Waals surface area (Å²) in [7, 11) is 1.54. The molecule has 2 aromatic rings. The number of nitrogens with zero attached hydrogens (tertiary/aromatic N) is 1. The van der Waals surface area contributed by atoms with Crippen molar-refractivity contribution in [2.45, 2.75) is 37.3 Å². The fraction of sp³-hybridized carbons (Fsp3) is 0.353. The number of thioether (sulfide) groups is 1. The van der Waals surface area contributed by atoms with E-state index in [9.17, 15) is 9.59 Å². The Morgan fingerprint density at radius 3 is 2.71 bits per heavy atom. The number of anilines is 1. The number of hydrogen-bond donors (Lipinski definition) is 2. The number of aromatic nitrogens is 2. The van der Waals surface area contributed by atoms with Gasteiger partial charge >= 0.3 is 0 Å². The van der Waals surface area contributed by atoms with Crippen LogP contribution < -0.4 is 10.9 Å². The fourth-order valence-corrected chi connectivity index (χ4v) is 2.88. The number of H-pyrrole nitrogens is 1. The average Bonchev–Trinajstić information content (AvgIpc) is 2.55. The van der Waals surface area contributed by atoms with E-state index in [2.05, 4.69) is 22.2 Å². The molecule has 0 aliphatic carbocycles. The summed E-state index contributed by atoms with van der Waals surface area (Å²) in [6, 6.07) is 9.12. The van der Waals surface area contributed by atoms with Crippen LogP contribution in [0.5, 0.6) is 0 Å². The predicted molar refractivity (Wildman–Crippen MR) is 95.3 cm³/mol. The molecule has 1 atom stereocenters. The highest BCUT2D eigenvalue weighted by molar-refractivity contribution is 8.00. The van der Waals surface area contributed by atoms with Gasteiger partial charge in [0.25, 0.3) is 5.56 Å². The predicted octanol–water partition coefficient (Wildman–Crippen LogP) is 2.60. The number of ether oxygens (including phenoxy) is 1. The van der Waals surface area contributed by atoms with Gasteiger partial charge in [-0.15, -0.1) is 0 Å². The molecule has 24 heavy (non-hydrogen) atoms. The average molecular weight is 347 g/mol. The molecule has 1 aromatic carbocycles. The molecule has 2 N–H and O–H groups in total. The molecule has 0 radical (unpaired) electrons. The molecule has 1 amide bonds. The second-order valence-electron chi connectivity index (χ2n) is 5.27. The van der Waals surface area contributed by atoms with E-state index in [1.54, 1.807) is 6.92 Å². The van der Waals surface area contributed by atoms with Crippen LogP contribution in [0.2, 0.25) is 0 Å². The summed E-state index contributed by atoms with van der Waals surface area (Å²) >= 11 is 1.20. The zero-order valence-corrected chi connectivity index (χ0v) is 14.8. The number of hydrogen-bond acceptors (Lipinski definition) is 5. The van der Waals surface area contributed by atoms with Gasteiger partial charge in [0.1, 0.15) is 0 Å². The highest BCUT2D eigenvalue weighted by atomic mass is 32.2. The number of rotatable bonds is 7. The summed E-state index contributed by atoms with van der Waals surface area (Å²) in [5.74, 6) is -0.149. The zero-order valence-electron chi connectivity index (χ0n) is 14.0. The SMILES string of the molecule is CCc1ccc(NC(=O)C(C)Sc2nc(COC)cc(=O)[nH]2)cc1. The van der Waals surface area contributed by atoms with E-state index in [1.807, 2.05) is 24.3 Å². The maximum Gasteiger partial charge on any atom is 0.251 e. The van der Waals surface area contributed by atoms with Gasteiger partial charge in [-0.05, 0) is 31.0 Å². The van der Waals surface area contributed by atoms with Gasteiger partial charge in [0, 0.05) is 18.9 Å². The molecule has 0 bridgehead atoms. The Morgan fingerprint density at radius 2 is 2.08 bits per heavy atom. The van der Waals surface area contributed by atoms with Gasteiger partial charge in [0.2, 0.25) is 5.91 Å². The molecule has 0 spiro atoms. The number of benzene rings is 1. The van der Waals surface area contributed by atoms with E-state index < -0.39 is 5.25 Å². The normalized spacial score (nSPS) is 12.0. The van der Waals surface area contributed by atoms with Crippen molar-refractivity contribution in [2.24, 2.45) is 0 Å². The summed E-state index contributed by atoms with van der Waals surface area (Å²) in [6.07, 6.45) is 0.956. The summed E-state index contributed by atoms with van der Waals surface area (Å²) in [5.41, 5.74) is 2.24. The Kier molecular flexibility index (Phi) is 6.57. The minimum absolute atomic E-state index is 0.149. The number of carbonyl (C=O) groups is 1. The third-order valence-corrected chi connectivity index (χ3v) is 4.34. The molecule has 0 saturated heterocycles. The van der Waals surface area contributed by atoms with E-state index in [4.69, 9.17) is 4.74 Å². The van der Waals surface area contributed by atoms with Gasteiger partial charge in [-0.25, -0.2) is 4.98 Å². The molecule has 1 heterocycles. The molecule has 128 valence electrons. The van der Waals surface area contributed by atoms with Crippen molar-refractivity contribution in [1.82, 2.24) is 9.97 Å². The van der Waals surface area contributed by atoms with Crippen molar-refractivity contribution < 1.29 is 9.53 Å². The van der Waals surface area contributed by atoms with Crippen LogP contribution in [0.15, 0.2) is 40.3 Å². The number of nitrogens with one attached hydrogen (secondary N) is 2. The van der Waals surface area contributed by atoms with Crippen LogP contribution in [-0.4, -0.2) is 28.2 Å². The molecule has 7 heteroatoms. The molecule has 2 rings (SSSR count).